The molecule has 1 aromatic rings. The fourth-order valence-electron chi connectivity index (χ4n) is 2.34. The molecule has 0 unspecified atom stereocenters. The third-order valence-corrected chi connectivity index (χ3v) is 5.14. The number of rotatable bonds is 5. The lowest BCUT2D eigenvalue weighted by molar-refractivity contribution is -0.132. The van der Waals surface area contributed by atoms with Gasteiger partial charge in [-0.1, -0.05) is 12.1 Å². The molecule has 0 saturated carbocycles. The Morgan fingerprint density at radius 1 is 1.32 bits per heavy atom. The van der Waals surface area contributed by atoms with Gasteiger partial charge in [0.15, 0.2) is 0 Å². The quantitative estimate of drug-likeness (QED) is 0.820. The first-order valence-electron chi connectivity index (χ1n) is 7.18. The van der Waals surface area contributed by atoms with E-state index in [9.17, 15) is 17.6 Å². The molecule has 1 aliphatic heterocycles. The van der Waals surface area contributed by atoms with Crippen molar-refractivity contribution in [2.75, 3.05) is 19.6 Å². The van der Waals surface area contributed by atoms with E-state index in [4.69, 9.17) is 5.73 Å². The first-order valence-corrected chi connectivity index (χ1v) is 8.66. The van der Waals surface area contributed by atoms with Gasteiger partial charge in [-0.15, -0.1) is 0 Å². The fraction of sp³-hybridized carbons (Fsp3) is 0.500. The minimum atomic E-state index is -3.94. The lowest BCUT2D eigenvalue weighted by Gasteiger charge is -2.30. The normalized spacial score (nSPS) is 16.7. The summed E-state index contributed by atoms with van der Waals surface area (Å²) in [4.78, 5) is 13.2. The summed E-state index contributed by atoms with van der Waals surface area (Å²) in [5, 5.41) is 0. The summed E-state index contributed by atoms with van der Waals surface area (Å²) in [7, 11) is -3.94. The number of hydrogen-bond donors (Lipinski definition) is 2. The highest BCUT2D eigenvalue weighted by molar-refractivity contribution is 7.89. The first-order chi connectivity index (χ1) is 10.4. The van der Waals surface area contributed by atoms with Crippen LogP contribution in [0.25, 0.3) is 0 Å². The number of benzene rings is 1. The number of nitrogens with two attached hydrogens (primary N) is 1. The van der Waals surface area contributed by atoms with Gasteiger partial charge in [-0.05, 0) is 25.0 Å². The van der Waals surface area contributed by atoms with Gasteiger partial charge in [-0.3, -0.25) is 4.79 Å². The van der Waals surface area contributed by atoms with Crippen LogP contribution in [0, 0.1) is 5.82 Å². The van der Waals surface area contributed by atoms with Crippen LogP contribution in [-0.2, 0) is 14.8 Å². The molecule has 22 heavy (non-hydrogen) atoms. The second kappa shape index (κ2) is 7.17. The molecule has 8 heteroatoms. The number of likely N-dealkylation sites (tertiary alicyclic amines) is 1. The number of amides is 1. The van der Waals surface area contributed by atoms with E-state index in [1.54, 1.807) is 4.90 Å². The monoisotopic (exact) mass is 329 g/mol. The first kappa shape index (κ1) is 16.9. The molecule has 0 atom stereocenters. The summed E-state index contributed by atoms with van der Waals surface area (Å²) in [5.41, 5.74) is 5.77. The Morgan fingerprint density at radius 3 is 2.59 bits per heavy atom. The van der Waals surface area contributed by atoms with Crippen molar-refractivity contribution in [3.05, 3.63) is 30.1 Å². The van der Waals surface area contributed by atoms with E-state index < -0.39 is 20.7 Å². The molecule has 6 nitrogen and oxygen atoms in total. The van der Waals surface area contributed by atoms with E-state index in [-0.39, 0.29) is 24.9 Å². The number of hydrogen-bond acceptors (Lipinski definition) is 4. The maximum absolute atomic E-state index is 13.5. The summed E-state index contributed by atoms with van der Waals surface area (Å²) < 4.78 is 39.7. The molecule has 0 spiro atoms. The van der Waals surface area contributed by atoms with Crippen LogP contribution in [0.1, 0.15) is 19.3 Å². The number of sulfonamides is 1. The molecule has 1 saturated heterocycles. The summed E-state index contributed by atoms with van der Waals surface area (Å²) in [6.07, 6.45) is 1.56. The van der Waals surface area contributed by atoms with Crippen LogP contribution < -0.4 is 10.5 Å². The fourth-order valence-corrected chi connectivity index (χ4v) is 3.45. The maximum Gasteiger partial charge on any atom is 0.243 e. The van der Waals surface area contributed by atoms with E-state index in [1.807, 2.05) is 0 Å². The Kier molecular flexibility index (Phi) is 5.49. The van der Waals surface area contributed by atoms with Gasteiger partial charge in [0, 0.05) is 32.1 Å². The van der Waals surface area contributed by atoms with E-state index in [2.05, 4.69) is 4.72 Å². The molecule has 2 rings (SSSR count). The Bertz CT molecular complexity index is 628. The van der Waals surface area contributed by atoms with Gasteiger partial charge in [-0.25, -0.2) is 17.5 Å². The van der Waals surface area contributed by atoms with Crippen LogP contribution in [0.5, 0.6) is 0 Å². The largest absolute Gasteiger partial charge is 0.343 e. The molecule has 3 N–H and O–H groups in total. The van der Waals surface area contributed by atoms with E-state index >= 15 is 0 Å². The molecule has 0 aromatic heterocycles. The maximum atomic E-state index is 13.5. The van der Waals surface area contributed by atoms with Crippen LogP contribution >= 0.6 is 0 Å². The number of halogens is 1. The van der Waals surface area contributed by atoms with E-state index in [0.717, 1.165) is 18.9 Å². The van der Waals surface area contributed by atoms with Crippen LogP contribution in [0.4, 0.5) is 4.39 Å². The average Bonchev–Trinajstić information content (AvgIpc) is 2.48. The average molecular weight is 329 g/mol. The topological polar surface area (TPSA) is 92.5 Å². The van der Waals surface area contributed by atoms with E-state index in [0.29, 0.717) is 13.1 Å². The molecule has 0 aliphatic carbocycles. The predicted molar refractivity (Wildman–Crippen MR) is 80.0 cm³/mol. The van der Waals surface area contributed by atoms with Crippen LogP contribution in [-0.4, -0.2) is 44.9 Å². The van der Waals surface area contributed by atoms with Crippen molar-refractivity contribution in [1.29, 1.82) is 0 Å². The molecule has 1 heterocycles. The molecular formula is C14H20FN3O3S. The number of nitrogens with one attached hydrogen (secondary N) is 1. The third kappa shape index (κ3) is 4.25. The zero-order valence-electron chi connectivity index (χ0n) is 12.2. The SMILES string of the molecule is NC1CCN(C(=O)CCNS(=O)(=O)c2ccccc2F)CC1. The van der Waals surface area contributed by atoms with Crippen LogP contribution in [0.15, 0.2) is 29.2 Å². The van der Waals surface area contributed by atoms with Crippen molar-refractivity contribution in [3.63, 3.8) is 0 Å². The highest BCUT2D eigenvalue weighted by Crippen LogP contribution is 2.13. The number of carbonyl (C=O) groups excluding carboxylic acids is 1. The van der Waals surface area contributed by atoms with Crippen LogP contribution in [0.2, 0.25) is 0 Å². The zero-order chi connectivity index (χ0) is 16.2. The number of piperidine rings is 1. The lowest BCUT2D eigenvalue weighted by atomic mass is 10.1. The zero-order valence-corrected chi connectivity index (χ0v) is 13.0. The molecule has 122 valence electrons. The Morgan fingerprint density at radius 2 is 1.95 bits per heavy atom. The van der Waals surface area contributed by atoms with Gasteiger partial charge in [0.2, 0.25) is 15.9 Å². The Labute approximate surface area is 129 Å². The summed E-state index contributed by atoms with van der Waals surface area (Å²) in [5.74, 6) is -0.936. The van der Waals surface area contributed by atoms with Gasteiger partial charge in [-0.2, -0.15) is 0 Å². The Hall–Kier alpha value is -1.51. The second-order valence-corrected chi connectivity index (χ2v) is 7.03. The third-order valence-electron chi connectivity index (χ3n) is 3.65. The Balaban J connectivity index is 1.85. The van der Waals surface area contributed by atoms with Crippen molar-refractivity contribution in [3.8, 4) is 0 Å². The molecule has 1 fully saturated rings. The van der Waals surface area contributed by atoms with Crippen molar-refractivity contribution in [2.45, 2.75) is 30.2 Å². The lowest BCUT2D eigenvalue weighted by Crippen LogP contribution is -2.43. The van der Waals surface area contributed by atoms with Crippen LogP contribution in [0.3, 0.4) is 0 Å². The van der Waals surface area contributed by atoms with E-state index in [1.165, 1.54) is 18.2 Å². The second-order valence-electron chi connectivity index (χ2n) is 5.30. The highest BCUT2D eigenvalue weighted by atomic mass is 32.2. The van der Waals surface area contributed by atoms with Gasteiger partial charge < -0.3 is 10.6 Å². The van der Waals surface area contributed by atoms with Gasteiger partial charge in [0.1, 0.15) is 10.7 Å². The summed E-state index contributed by atoms with van der Waals surface area (Å²) in [6, 6.07) is 5.25. The minimum absolute atomic E-state index is 0.0446. The van der Waals surface area contributed by atoms with Crippen molar-refractivity contribution in [2.24, 2.45) is 5.73 Å². The predicted octanol–water partition coefficient (Wildman–Crippen LogP) is 0.444. The van der Waals surface area contributed by atoms with Gasteiger partial charge >= 0.3 is 0 Å². The highest BCUT2D eigenvalue weighted by Gasteiger charge is 2.22. The molecular weight excluding hydrogens is 309 g/mol. The molecule has 1 amide bonds. The van der Waals surface area contributed by atoms with Gasteiger partial charge in [0.25, 0.3) is 0 Å². The number of carbonyl (C=O) groups is 1. The standard InChI is InChI=1S/C14H20FN3O3S/c15-12-3-1-2-4-13(12)22(20,21)17-8-5-14(19)18-9-6-11(16)7-10-18/h1-4,11,17H,5-10,16H2. The number of nitrogens with zero attached hydrogens (tertiary/aromatic N) is 1. The molecule has 0 radical (unpaired) electrons. The van der Waals surface area contributed by atoms with Gasteiger partial charge in [0.05, 0.1) is 0 Å². The van der Waals surface area contributed by atoms with Crippen molar-refractivity contribution >= 4 is 15.9 Å². The molecule has 0 bridgehead atoms. The summed E-state index contributed by atoms with van der Waals surface area (Å²) in [6.45, 7) is 1.14. The summed E-state index contributed by atoms with van der Waals surface area (Å²) >= 11 is 0. The molecule has 1 aliphatic rings. The molecule has 1 aromatic carbocycles. The van der Waals surface area contributed by atoms with Crippen molar-refractivity contribution in [1.82, 2.24) is 9.62 Å². The minimum Gasteiger partial charge on any atom is -0.343 e. The van der Waals surface area contributed by atoms with Crippen molar-refractivity contribution < 1.29 is 17.6 Å². The smallest absolute Gasteiger partial charge is 0.243 e.